The average Bonchev–Trinajstić information content (AvgIpc) is 2.41. The van der Waals surface area contributed by atoms with E-state index in [-0.39, 0.29) is 0 Å². The van der Waals surface area contributed by atoms with Crippen molar-refractivity contribution in [1.29, 1.82) is 0 Å². The molecule has 0 saturated heterocycles. The van der Waals surface area contributed by atoms with Crippen LogP contribution in [0.15, 0.2) is 42.9 Å². The third-order valence-corrected chi connectivity index (χ3v) is 3.30. The van der Waals surface area contributed by atoms with Crippen molar-refractivity contribution in [3.05, 3.63) is 53.6 Å². The molecular weight excluding hydrogens is 246 g/mol. The minimum Gasteiger partial charge on any atom is -0.256 e. The molecule has 0 aliphatic carbocycles. The van der Waals surface area contributed by atoms with Crippen LogP contribution in [0.2, 0.25) is 5.15 Å². The van der Waals surface area contributed by atoms with Crippen LogP contribution in [0.3, 0.4) is 0 Å². The molecule has 0 saturated carbocycles. The van der Waals surface area contributed by atoms with Gasteiger partial charge in [0, 0.05) is 22.7 Å². The summed E-state index contributed by atoms with van der Waals surface area (Å²) >= 11 is 6.05. The van der Waals surface area contributed by atoms with Crippen LogP contribution in [0.25, 0.3) is 22.2 Å². The van der Waals surface area contributed by atoms with E-state index in [1.165, 1.54) is 6.33 Å². The Morgan fingerprint density at radius 3 is 2.78 bits per heavy atom. The minimum atomic E-state index is 0.487. The van der Waals surface area contributed by atoms with Gasteiger partial charge in [-0.25, -0.2) is 9.97 Å². The van der Waals surface area contributed by atoms with Gasteiger partial charge in [-0.1, -0.05) is 29.8 Å². The monoisotopic (exact) mass is 255 g/mol. The van der Waals surface area contributed by atoms with Crippen molar-refractivity contribution in [3.8, 4) is 11.3 Å². The van der Waals surface area contributed by atoms with Gasteiger partial charge in [0.15, 0.2) is 0 Å². The normalized spacial score (nSPS) is 10.8. The predicted octanol–water partition coefficient (Wildman–Crippen LogP) is 3.65. The fraction of sp³-hybridized carbons (Fsp3) is 0.0714. The lowest BCUT2D eigenvalue weighted by Gasteiger charge is -2.08. The first-order chi connectivity index (χ1) is 8.77. The van der Waals surface area contributed by atoms with E-state index in [0.29, 0.717) is 5.15 Å². The first-order valence-electron chi connectivity index (χ1n) is 5.58. The molecule has 0 bridgehead atoms. The molecule has 0 fully saturated rings. The zero-order chi connectivity index (χ0) is 12.5. The third kappa shape index (κ3) is 1.73. The highest BCUT2D eigenvalue weighted by Crippen LogP contribution is 2.30. The van der Waals surface area contributed by atoms with E-state index < -0.39 is 0 Å². The molecule has 88 valence electrons. The number of benzene rings is 1. The molecule has 4 heteroatoms. The lowest BCUT2D eigenvalue weighted by Crippen LogP contribution is -1.93. The van der Waals surface area contributed by atoms with Crippen LogP contribution < -0.4 is 0 Å². The SMILES string of the molecule is Cc1c(Cl)ncnc1-c1cccc2ncccc12. The number of hydrogen-bond donors (Lipinski definition) is 0. The Labute approximate surface area is 109 Å². The molecule has 18 heavy (non-hydrogen) atoms. The van der Waals surface area contributed by atoms with Crippen LogP contribution in [0.5, 0.6) is 0 Å². The molecule has 0 atom stereocenters. The van der Waals surface area contributed by atoms with Crippen molar-refractivity contribution >= 4 is 22.5 Å². The van der Waals surface area contributed by atoms with Crippen LogP contribution in [0, 0.1) is 6.92 Å². The summed E-state index contributed by atoms with van der Waals surface area (Å²) in [5, 5.41) is 1.55. The molecule has 0 unspecified atom stereocenters. The summed E-state index contributed by atoms with van der Waals surface area (Å²) in [5.74, 6) is 0. The summed E-state index contributed by atoms with van der Waals surface area (Å²) in [6.07, 6.45) is 3.27. The van der Waals surface area contributed by atoms with E-state index in [2.05, 4.69) is 15.0 Å². The van der Waals surface area contributed by atoms with Gasteiger partial charge in [-0.15, -0.1) is 0 Å². The summed E-state index contributed by atoms with van der Waals surface area (Å²) in [4.78, 5) is 12.7. The lowest BCUT2D eigenvalue weighted by atomic mass is 10.0. The van der Waals surface area contributed by atoms with Gasteiger partial charge >= 0.3 is 0 Å². The molecule has 0 N–H and O–H groups in total. The van der Waals surface area contributed by atoms with Gasteiger partial charge in [-0.05, 0) is 19.1 Å². The molecule has 0 spiro atoms. The molecule has 3 nitrogen and oxygen atoms in total. The van der Waals surface area contributed by atoms with E-state index >= 15 is 0 Å². The Bertz CT molecular complexity index is 720. The highest BCUT2D eigenvalue weighted by Gasteiger charge is 2.10. The standard InChI is InChI=1S/C14H10ClN3/c1-9-13(17-8-18-14(9)15)11-4-2-6-12-10(11)5-3-7-16-12/h2-8H,1H3. The quantitative estimate of drug-likeness (QED) is 0.623. The number of fused-ring (bicyclic) bond motifs is 1. The molecule has 0 radical (unpaired) electrons. The summed E-state index contributed by atoms with van der Waals surface area (Å²) in [5.41, 5.74) is 3.72. The van der Waals surface area contributed by atoms with Crippen LogP contribution in [-0.2, 0) is 0 Å². The van der Waals surface area contributed by atoms with Crippen molar-refractivity contribution in [3.63, 3.8) is 0 Å². The van der Waals surface area contributed by atoms with Gasteiger partial charge in [0.2, 0.25) is 0 Å². The van der Waals surface area contributed by atoms with Crippen LogP contribution in [0.4, 0.5) is 0 Å². The van der Waals surface area contributed by atoms with Crippen molar-refractivity contribution in [2.24, 2.45) is 0 Å². The number of rotatable bonds is 1. The minimum absolute atomic E-state index is 0.487. The molecule has 0 amide bonds. The number of nitrogens with zero attached hydrogens (tertiary/aromatic N) is 3. The zero-order valence-corrected chi connectivity index (χ0v) is 10.5. The Morgan fingerprint density at radius 1 is 1.00 bits per heavy atom. The number of aromatic nitrogens is 3. The maximum Gasteiger partial charge on any atom is 0.135 e. The highest BCUT2D eigenvalue weighted by atomic mass is 35.5. The van der Waals surface area contributed by atoms with Crippen molar-refractivity contribution in [2.45, 2.75) is 6.92 Å². The summed E-state index contributed by atoms with van der Waals surface area (Å²) in [6, 6.07) is 9.93. The Kier molecular flexibility index (Phi) is 2.68. The van der Waals surface area contributed by atoms with Gasteiger partial charge in [-0.3, -0.25) is 4.98 Å². The van der Waals surface area contributed by atoms with Crippen LogP contribution in [0.1, 0.15) is 5.56 Å². The maximum atomic E-state index is 6.05. The smallest absolute Gasteiger partial charge is 0.135 e. The fourth-order valence-corrected chi connectivity index (χ4v) is 2.14. The van der Waals surface area contributed by atoms with Crippen LogP contribution in [-0.4, -0.2) is 15.0 Å². The van der Waals surface area contributed by atoms with Gasteiger partial charge in [0.1, 0.15) is 11.5 Å². The molecule has 2 aromatic heterocycles. The second kappa shape index (κ2) is 4.35. The lowest BCUT2D eigenvalue weighted by molar-refractivity contribution is 1.14. The molecular formula is C14H10ClN3. The van der Waals surface area contributed by atoms with Gasteiger partial charge in [-0.2, -0.15) is 0 Å². The van der Waals surface area contributed by atoms with Gasteiger partial charge < -0.3 is 0 Å². The molecule has 3 rings (SSSR count). The highest BCUT2D eigenvalue weighted by molar-refractivity contribution is 6.30. The molecule has 3 aromatic rings. The molecule has 0 aliphatic rings. The fourth-order valence-electron chi connectivity index (χ4n) is 2.01. The van der Waals surface area contributed by atoms with Crippen molar-refractivity contribution in [2.75, 3.05) is 0 Å². The largest absolute Gasteiger partial charge is 0.256 e. The van der Waals surface area contributed by atoms with E-state index in [1.807, 2.05) is 37.3 Å². The Morgan fingerprint density at radius 2 is 1.89 bits per heavy atom. The first kappa shape index (κ1) is 11.1. The van der Waals surface area contributed by atoms with E-state index in [1.54, 1.807) is 6.20 Å². The number of hydrogen-bond acceptors (Lipinski definition) is 3. The second-order valence-corrected chi connectivity index (χ2v) is 4.37. The van der Waals surface area contributed by atoms with Gasteiger partial charge in [0.05, 0.1) is 11.2 Å². The second-order valence-electron chi connectivity index (χ2n) is 4.01. The Hall–Kier alpha value is -2.00. The van der Waals surface area contributed by atoms with Crippen LogP contribution >= 0.6 is 11.6 Å². The van der Waals surface area contributed by atoms with Crippen molar-refractivity contribution in [1.82, 2.24) is 15.0 Å². The zero-order valence-electron chi connectivity index (χ0n) is 9.76. The summed E-state index contributed by atoms with van der Waals surface area (Å²) < 4.78 is 0. The average molecular weight is 256 g/mol. The molecule has 1 aromatic carbocycles. The van der Waals surface area contributed by atoms with E-state index in [9.17, 15) is 0 Å². The first-order valence-corrected chi connectivity index (χ1v) is 5.96. The number of pyridine rings is 1. The molecule has 2 heterocycles. The summed E-state index contributed by atoms with van der Waals surface area (Å²) in [6.45, 7) is 1.92. The number of halogens is 1. The molecule has 0 aliphatic heterocycles. The third-order valence-electron chi connectivity index (χ3n) is 2.92. The van der Waals surface area contributed by atoms with Gasteiger partial charge in [0.25, 0.3) is 0 Å². The maximum absolute atomic E-state index is 6.05. The van der Waals surface area contributed by atoms with E-state index in [0.717, 1.165) is 27.7 Å². The predicted molar refractivity (Wildman–Crippen MR) is 72.5 cm³/mol. The Balaban J connectivity index is 2.35. The van der Waals surface area contributed by atoms with E-state index in [4.69, 9.17) is 11.6 Å². The summed E-state index contributed by atoms with van der Waals surface area (Å²) in [7, 11) is 0. The topological polar surface area (TPSA) is 38.7 Å². The van der Waals surface area contributed by atoms with Crippen molar-refractivity contribution < 1.29 is 0 Å².